The molecular weight excluding hydrogens is 825 g/mol. The van der Waals surface area contributed by atoms with Gasteiger partial charge < -0.3 is 14.8 Å². The fourth-order valence-electron chi connectivity index (χ4n) is 8.25. The van der Waals surface area contributed by atoms with Crippen molar-refractivity contribution in [1.82, 2.24) is 10.3 Å². The molecule has 1 N–H and O–H groups in total. The molecule has 1 saturated heterocycles. The first-order valence-corrected chi connectivity index (χ1v) is 19.4. The molecule has 16 heteroatoms. The minimum atomic E-state index is -5.14. The van der Waals surface area contributed by atoms with E-state index in [-0.39, 0.29) is 46.0 Å². The fraction of sp³-hybridized carbons (Fsp3) is 0.372. The van der Waals surface area contributed by atoms with E-state index in [1.54, 1.807) is 12.1 Å². The minimum Gasteiger partial charge on any atom is -0.456 e. The molecule has 4 aromatic rings. The van der Waals surface area contributed by atoms with Crippen molar-refractivity contribution in [2.24, 2.45) is 5.92 Å². The van der Waals surface area contributed by atoms with Crippen LogP contribution in [-0.2, 0) is 31.4 Å². The van der Waals surface area contributed by atoms with E-state index >= 15 is 0 Å². The summed E-state index contributed by atoms with van der Waals surface area (Å²) in [4.78, 5) is 58.0. The molecule has 2 aliphatic carbocycles. The van der Waals surface area contributed by atoms with Gasteiger partial charge in [0.2, 0.25) is 5.78 Å². The van der Waals surface area contributed by atoms with Crippen molar-refractivity contribution in [2.45, 2.75) is 88.2 Å². The van der Waals surface area contributed by atoms with Gasteiger partial charge in [-0.05, 0) is 86.7 Å². The van der Waals surface area contributed by atoms with Crippen LogP contribution < -0.4 is 5.32 Å². The van der Waals surface area contributed by atoms with Crippen molar-refractivity contribution in [3.8, 4) is 0 Å². The van der Waals surface area contributed by atoms with Crippen LogP contribution in [0.25, 0.3) is 10.9 Å². The number of pyridine rings is 1. The number of benzene rings is 3. The number of rotatable bonds is 9. The molecule has 3 aliphatic rings. The van der Waals surface area contributed by atoms with Crippen LogP contribution in [-0.4, -0.2) is 41.1 Å². The Labute approximate surface area is 346 Å². The van der Waals surface area contributed by atoms with Gasteiger partial charge >= 0.3 is 24.3 Å². The summed E-state index contributed by atoms with van der Waals surface area (Å²) in [6, 6.07) is 16.4. The number of ether oxygens (including phenoxy) is 2. The summed E-state index contributed by atoms with van der Waals surface area (Å²) >= 11 is 6.07. The number of piperidine rings is 1. The zero-order valence-electron chi connectivity index (χ0n) is 31.3. The van der Waals surface area contributed by atoms with Crippen molar-refractivity contribution in [3.05, 3.63) is 123 Å². The summed E-state index contributed by atoms with van der Waals surface area (Å²) in [5.41, 5.74) is -2.83. The topological polar surface area (TPSA) is 112 Å². The van der Waals surface area contributed by atoms with Crippen LogP contribution in [0.2, 0.25) is 5.02 Å². The maximum Gasteiger partial charge on any atom is 0.433 e. The van der Waals surface area contributed by atoms with Gasteiger partial charge in [-0.1, -0.05) is 66.6 Å². The smallest absolute Gasteiger partial charge is 0.433 e. The van der Waals surface area contributed by atoms with Gasteiger partial charge in [0.05, 0.1) is 29.5 Å². The highest BCUT2D eigenvalue weighted by molar-refractivity contribution is 6.30. The van der Waals surface area contributed by atoms with Gasteiger partial charge in [-0.15, -0.1) is 12.4 Å². The fourth-order valence-corrected chi connectivity index (χ4v) is 8.37. The summed E-state index contributed by atoms with van der Waals surface area (Å²) in [6.45, 7) is 0.407. The second-order valence-electron chi connectivity index (χ2n) is 14.8. The zero-order valence-corrected chi connectivity index (χ0v) is 32.8. The number of hydrogen-bond donors (Lipinski definition) is 1. The second-order valence-corrected chi connectivity index (χ2v) is 15.2. The van der Waals surface area contributed by atoms with E-state index in [1.807, 2.05) is 24.3 Å². The number of hydrogen-bond acceptors (Lipinski definition) is 8. The Bertz CT molecular complexity index is 2280. The normalized spacial score (nSPS) is 20.4. The lowest BCUT2D eigenvalue weighted by Crippen LogP contribution is -2.40. The molecule has 1 saturated carbocycles. The number of para-hydroxylation sites is 1. The Morgan fingerprint density at radius 2 is 1.42 bits per heavy atom. The Kier molecular flexibility index (Phi) is 13.2. The minimum absolute atomic E-state index is 0. The third-order valence-electron chi connectivity index (χ3n) is 11.1. The lowest BCUT2D eigenvalue weighted by Gasteiger charge is -2.32. The monoisotopic (exact) mass is 862 g/mol. The lowest BCUT2D eigenvalue weighted by atomic mass is 9.72. The molecule has 0 unspecified atom stereocenters. The van der Waals surface area contributed by atoms with E-state index in [0.717, 1.165) is 11.6 Å². The number of ketones is 2. The van der Waals surface area contributed by atoms with Crippen LogP contribution >= 0.6 is 24.0 Å². The Hall–Kier alpha value is -4.79. The standard InChI is InChI=1S/C43H37ClF6N2O6.ClH/c44-26-17-15-24(16-18-26)23-11-13-25(14-12-23)36-38(55)28-6-1-2-7-29(28)39(56)41(36)58-35(54)20-19-34(53)57-40(32-10-3-4-21-51-32)30-22-33(43(48,49)50)52-37-27(30)8-5-9-31(37)42(45,46)47;/h1-2,5-9,15-18,22-23,25,32,40,51H,3-4,10-14,19-21H2;1H/t23?,25?,32-,40+;/m0./s1. The summed E-state index contributed by atoms with van der Waals surface area (Å²) < 4.78 is 95.7. The first-order valence-electron chi connectivity index (χ1n) is 19.0. The van der Waals surface area contributed by atoms with Crippen LogP contribution in [0.15, 0.2) is 84.1 Å². The molecule has 0 spiro atoms. The molecule has 7 rings (SSSR count). The molecule has 1 aromatic heterocycles. The van der Waals surface area contributed by atoms with Gasteiger partial charge in [-0.25, -0.2) is 4.98 Å². The van der Waals surface area contributed by atoms with Gasteiger partial charge in [0.1, 0.15) is 11.8 Å². The quantitative estimate of drug-likeness (QED) is 0.131. The van der Waals surface area contributed by atoms with E-state index in [4.69, 9.17) is 21.1 Å². The summed E-state index contributed by atoms with van der Waals surface area (Å²) in [6.07, 6.45) is -8.91. The Morgan fingerprint density at radius 1 is 0.780 bits per heavy atom. The molecule has 312 valence electrons. The molecule has 0 bridgehead atoms. The maximum absolute atomic E-state index is 14.1. The van der Waals surface area contributed by atoms with Gasteiger partial charge in [-0.3, -0.25) is 19.2 Å². The van der Waals surface area contributed by atoms with Crippen LogP contribution in [0.4, 0.5) is 26.3 Å². The summed E-state index contributed by atoms with van der Waals surface area (Å²) in [5.74, 6) is -3.80. The SMILES string of the molecule is Cl.O=C(CCC(=O)O[C@H](c1cc(C(F)(F)F)nc2c(C(F)(F)F)cccc12)[C@@H]1CCCCN1)OC1=C(C2CCC(c3ccc(Cl)cc3)CC2)C(=O)c2ccccc2C1=O. The highest BCUT2D eigenvalue weighted by atomic mass is 35.5. The molecule has 1 aliphatic heterocycles. The van der Waals surface area contributed by atoms with Crippen molar-refractivity contribution in [3.63, 3.8) is 0 Å². The second kappa shape index (κ2) is 17.8. The van der Waals surface area contributed by atoms with Crippen molar-refractivity contribution >= 4 is 58.4 Å². The number of Topliss-reactive ketones (excluding diaryl/α,β-unsaturated/α-hetero) is 2. The largest absolute Gasteiger partial charge is 0.456 e. The molecule has 2 fully saturated rings. The number of aromatic nitrogens is 1. The first kappa shape index (κ1) is 43.8. The third-order valence-corrected chi connectivity index (χ3v) is 11.3. The number of nitrogens with one attached hydrogen (secondary N) is 1. The third kappa shape index (κ3) is 9.50. The highest BCUT2D eigenvalue weighted by Crippen LogP contribution is 2.44. The number of carbonyl (C=O) groups is 4. The number of allylic oxidation sites excluding steroid dienone is 2. The van der Waals surface area contributed by atoms with Crippen LogP contribution in [0.1, 0.15) is 113 Å². The molecule has 0 radical (unpaired) electrons. The number of fused-ring (bicyclic) bond motifs is 2. The molecule has 59 heavy (non-hydrogen) atoms. The van der Waals surface area contributed by atoms with Crippen LogP contribution in [0.3, 0.4) is 0 Å². The van der Waals surface area contributed by atoms with E-state index < -0.39 is 89.3 Å². The Balaban J connectivity index is 0.00000585. The number of esters is 2. The average molecular weight is 864 g/mol. The number of carbonyl (C=O) groups excluding carboxylic acids is 4. The van der Waals surface area contributed by atoms with E-state index in [2.05, 4.69) is 10.3 Å². The Morgan fingerprint density at radius 3 is 2.05 bits per heavy atom. The molecule has 2 heterocycles. The molecule has 3 aromatic carbocycles. The first-order chi connectivity index (χ1) is 27.6. The molecule has 2 atom stereocenters. The van der Waals surface area contributed by atoms with Crippen LogP contribution in [0, 0.1) is 5.92 Å². The van der Waals surface area contributed by atoms with Crippen molar-refractivity contribution < 1.29 is 55.0 Å². The summed E-state index contributed by atoms with van der Waals surface area (Å²) in [7, 11) is 0. The predicted octanol–water partition coefficient (Wildman–Crippen LogP) is 10.7. The average Bonchev–Trinajstić information content (AvgIpc) is 3.20. The maximum atomic E-state index is 14.1. The van der Waals surface area contributed by atoms with E-state index in [1.165, 1.54) is 18.2 Å². The molecule has 0 amide bonds. The number of nitrogens with zero attached hydrogens (tertiary/aromatic N) is 1. The van der Waals surface area contributed by atoms with Gasteiger partial charge in [-0.2, -0.15) is 26.3 Å². The van der Waals surface area contributed by atoms with Crippen LogP contribution in [0.5, 0.6) is 0 Å². The highest BCUT2D eigenvalue weighted by Gasteiger charge is 2.42. The summed E-state index contributed by atoms with van der Waals surface area (Å²) in [5, 5.41) is 3.43. The predicted molar refractivity (Wildman–Crippen MR) is 207 cm³/mol. The zero-order chi connectivity index (χ0) is 41.4. The molecular formula is C43H38Cl2F6N2O6. The number of halogens is 8. The number of alkyl halides is 6. The molecule has 8 nitrogen and oxygen atoms in total. The van der Waals surface area contributed by atoms with E-state index in [0.29, 0.717) is 68.6 Å². The lowest BCUT2D eigenvalue weighted by molar-refractivity contribution is -0.154. The van der Waals surface area contributed by atoms with E-state index in [9.17, 15) is 45.5 Å². The van der Waals surface area contributed by atoms with Gasteiger partial charge in [0.25, 0.3) is 0 Å². The van der Waals surface area contributed by atoms with Gasteiger partial charge in [0, 0.05) is 33.1 Å². The van der Waals surface area contributed by atoms with Crippen molar-refractivity contribution in [2.75, 3.05) is 6.54 Å². The van der Waals surface area contributed by atoms with Crippen molar-refractivity contribution in [1.29, 1.82) is 0 Å². The van der Waals surface area contributed by atoms with Gasteiger partial charge in [0.15, 0.2) is 11.5 Å².